The summed E-state index contributed by atoms with van der Waals surface area (Å²) in [6.45, 7) is 0. The van der Waals surface area contributed by atoms with Crippen LogP contribution in [0.3, 0.4) is 0 Å². The van der Waals surface area contributed by atoms with Crippen LogP contribution in [0.2, 0.25) is 0 Å². The highest BCUT2D eigenvalue weighted by Gasteiger charge is 2.13. The molecule has 1 aliphatic carbocycles. The molecule has 122 valence electrons. The summed E-state index contributed by atoms with van der Waals surface area (Å²) in [6, 6.07) is 6.08. The van der Waals surface area contributed by atoms with E-state index in [-0.39, 0.29) is 0 Å². The maximum Gasteiger partial charge on any atom is 0.188 e. The molecule has 4 rings (SSSR count). The molecule has 24 heavy (non-hydrogen) atoms. The van der Waals surface area contributed by atoms with Gasteiger partial charge in [0.1, 0.15) is 12.1 Å². The first-order valence-electron chi connectivity index (χ1n) is 7.37. The smallest absolute Gasteiger partial charge is 0.188 e. The van der Waals surface area contributed by atoms with Crippen LogP contribution in [0.4, 0.5) is 5.69 Å². The third-order valence-corrected chi connectivity index (χ3v) is 6.34. The zero-order valence-electron chi connectivity index (χ0n) is 12.5. The lowest BCUT2D eigenvalue weighted by Gasteiger charge is -2.13. The highest BCUT2D eigenvalue weighted by atomic mass is 32.2. The Labute approximate surface area is 151 Å². The second kappa shape index (κ2) is 6.92. The van der Waals surface area contributed by atoms with Gasteiger partial charge < -0.3 is 9.83 Å². The van der Waals surface area contributed by atoms with Crippen molar-refractivity contribution < 1.29 is 5.11 Å². The molecule has 3 N–H and O–H groups in total. The number of aromatic amines is 1. The number of phenols is 1. The minimum atomic E-state index is 0.300. The van der Waals surface area contributed by atoms with Crippen molar-refractivity contribution in [3.05, 3.63) is 40.3 Å². The van der Waals surface area contributed by atoms with Crippen LogP contribution in [-0.4, -0.2) is 20.3 Å². The Morgan fingerprint density at radius 2 is 2.12 bits per heavy atom. The van der Waals surface area contributed by atoms with Crippen molar-refractivity contribution in [2.75, 3.05) is 4.72 Å². The average Bonchev–Trinajstić information content (AvgIpc) is 3.30. The quantitative estimate of drug-likeness (QED) is 0.470. The molecule has 8 heteroatoms. The van der Waals surface area contributed by atoms with E-state index in [1.54, 1.807) is 23.3 Å². The van der Waals surface area contributed by atoms with E-state index < -0.39 is 0 Å². The lowest BCUT2D eigenvalue weighted by atomic mass is 10.1. The Morgan fingerprint density at radius 3 is 2.88 bits per heavy atom. The molecule has 0 atom stereocenters. The molecule has 2 heterocycles. The summed E-state index contributed by atoms with van der Waals surface area (Å²) in [5, 5.41) is 22.0. The highest BCUT2D eigenvalue weighted by Crippen LogP contribution is 2.32. The first-order valence-corrected chi connectivity index (χ1v) is 9.88. The number of anilines is 1. The number of thiophene rings is 1. The van der Waals surface area contributed by atoms with Crippen LogP contribution in [-0.2, 0) is 0 Å². The Balaban J connectivity index is 1.74. The highest BCUT2D eigenvalue weighted by molar-refractivity contribution is 8.02. The fourth-order valence-corrected chi connectivity index (χ4v) is 4.75. The molecule has 0 saturated carbocycles. The van der Waals surface area contributed by atoms with Gasteiger partial charge in [-0.05, 0) is 54.1 Å². The monoisotopic (exact) mass is 374 g/mol. The van der Waals surface area contributed by atoms with Crippen molar-refractivity contribution in [3.8, 4) is 5.75 Å². The van der Waals surface area contributed by atoms with E-state index in [1.807, 2.05) is 12.1 Å². The molecule has 0 aliphatic heterocycles. The summed E-state index contributed by atoms with van der Waals surface area (Å²) in [7, 11) is 0. The maximum atomic E-state index is 10.6. The molecule has 5 nitrogen and oxygen atoms in total. The fraction of sp³-hybridized carbons (Fsp3) is 0.125. The van der Waals surface area contributed by atoms with Crippen LogP contribution in [0.15, 0.2) is 44.2 Å². The molecule has 1 aliphatic rings. The second-order valence-corrected chi connectivity index (χ2v) is 8.20. The van der Waals surface area contributed by atoms with Crippen molar-refractivity contribution >= 4 is 52.9 Å². The number of benzene rings is 1. The molecule has 0 amide bonds. The largest absolute Gasteiger partial charge is 0.506 e. The minimum Gasteiger partial charge on any atom is -0.506 e. The van der Waals surface area contributed by atoms with Gasteiger partial charge >= 0.3 is 0 Å². The summed E-state index contributed by atoms with van der Waals surface area (Å²) < 4.78 is 4.62. The number of phenolic OH excluding ortho intramolecular Hbond substituents is 1. The molecule has 0 bridgehead atoms. The number of fused-ring (bicyclic) bond motifs is 1. The number of rotatable bonds is 5. The van der Waals surface area contributed by atoms with E-state index in [2.05, 4.69) is 43.5 Å². The Bertz CT molecular complexity index is 952. The molecule has 1 aromatic carbocycles. The Morgan fingerprint density at radius 1 is 1.25 bits per heavy atom. The van der Waals surface area contributed by atoms with Gasteiger partial charge in [-0.25, -0.2) is 4.98 Å². The van der Waals surface area contributed by atoms with Gasteiger partial charge in [0.15, 0.2) is 5.16 Å². The number of nitrogens with one attached hydrogen (secondary N) is 2. The van der Waals surface area contributed by atoms with Gasteiger partial charge in [-0.2, -0.15) is 5.10 Å². The van der Waals surface area contributed by atoms with E-state index in [4.69, 9.17) is 0 Å². The normalized spacial score (nSPS) is 13.0. The lowest BCUT2D eigenvalue weighted by molar-refractivity contribution is 0.457. The molecular formula is C16H14N4OS3. The van der Waals surface area contributed by atoms with Crippen molar-refractivity contribution in [1.29, 1.82) is 0 Å². The predicted octanol–water partition coefficient (Wildman–Crippen LogP) is 3.20. The minimum absolute atomic E-state index is 0.300. The fourth-order valence-electron chi connectivity index (χ4n) is 2.50. The zero-order chi connectivity index (χ0) is 16.4. The predicted molar refractivity (Wildman–Crippen MR) is 99.8 cm³/mol. The number of hydrogen-bond acceptors (Lipinski definition) is 7. The van der Waals surface area contributed by atoms with Crippen LogP contribution in [0.1, 0.15) is 12.8 Å². The summed E-state index contributed by atoms with van der Waals surface area (Å²) in [5.74, 6) is 0.300. The summed E-state index contributed by atoms with van der Waals surface area (Å²) in [6.07, 6.45) is 7.66. The van der Waals surface area contributed by atoms with Crippen LogP contribution >= 0.6 is 35.0 Å². The first kappa shape index (κ1) is 15.6. The van der Waals surface area contributed by atoms with E-state index in [0.29, 0.717) is 10.9 Å². The number of aromatic hydroxyl groups is 1. The van der Waals surface area contributed by atoms with Crippen LogP contribution in [0.25, 0.3) is 12.2 Å². The average molecular weight is 375 g/mol. The van der Waals surface area contributed by atoms with Gasteiger partial charge in [-0.1, -0.05) is 18.2 Å². The van der Waals surface area contributed by atoms with Crippen LogP contribution < -0.4 is 15.2 Å². The first-order chi connectivity index (χ1) is 11.8. The Hall–Kier alpha value is -1.90. The topological polar surface area (TPSA) is 73.8 Å². The van der Waals surface area contributed by atoms with E-state index in [9.17, 15) is 5.11 Å². The number of hydrogen-bond donors (Lipinski definition) is 3. The molecular weight excluding hydrogens is 360 g/mol. The Kier molecular flexibility index (Phi) is 4.50. The molecule has 0 radical (unpaired) electrons. The molecule has 3 aromatic rings. The van der Waals surface area contributed by atoms with Gasteiger partial charge in [0.25, 0.3) is 0 Å². The van der Waals surface area contributed by atoms with E-state index in [0.717, 1.165) is 33.9 Å². The summed E-state index contributed by atoms with van der Waals surface area (Å²) >= 11 is 4.65. The third-order valence-electron chi connectivity index (χ3n) is 3.56. The molecule has 0 spiro atoms. The van der Waals surface area contributed by atoms with Crippen LogP contribution in [0, 0.1) is 0 Å². The number of nitrogens with zero attached hydrogens (tertiary/aromatic N) is 2. The molecule has 0 fully saturated rings. The van der Waals surface area contributed by atoms with Gasteiger partial charge in [0, 0.05) is 10.4 Å². The van der Waals surface area contributed by atoms with Gasteiger partial charge in [0.05, 0.1) is 14.8 Å². The summed E-state index contributed by atoms with van der Waals surface area (Å²) in [5.41, 5.74) is 0.999. The zero-order valence-corrected chi connectivity index (χ0v) is 15.0. The molecule has 2 aromatic heterocycles. The standard InChI is InChI=1S/C16H14N4OS3/c21-15-11-5-2-1-4-10(11)12(20-24-14-6-3-7-22-14)8-13(15)23-16-17-9-18-19-16/h3-9,20-21H,1-2H2,(H,17,18,19). The lowest BCUT2D eigenvalue weighted by Crippen LogP contribution is -2.29. The van der Waals surface area contributed by atoms with Crippen molar-refractivity contribution in [2.45, 2.75) is 27.1 Å². The van der Waals surface area contributed by atoms with Gasteiger partial charge in [-0.15, -0.1) is 11.3 Å². The maximum absolute atomic E-state index is 10.6. The third kappa shape index (κ3) is 3.17. The second-order valence-electron chi connectivity index (χ2n) is 5.11. The van der Waals surface area contributed by atoms with Crippen molar-refractivity contribution in [3.63, 3.8) is 0 Å². The van der Waals surface area contributed by atoms with Crippen molar-refractivity contribution in [2.24, 2.45) is 0 Å². The molecule has 0 unspecified atom stereocenters. The number of aromatic nitrogens is 3. The van der Waals surface area contributed by atoms with E-state index >= 15 is 0 Å². The molecule has 0 saturated heterocycles. The summed E-state index contributed by atoms with van der Waals surface area (Å²) in [4.78, 5) is 4.88. The van der Waals surface area contributed by atoms with Crippen LogP contribution in [0.5, 0.6) is 5.75 Å². The number of H-pyrrole nitrogens is 1. The van der Waals surface area contributed by atoms with Crippen molar-refractivity contribution in [1.82, 2.24) is 15.2 Å². The SMILES string of the molecule is Oc1c(Sc2ncn[nH]2)cc(NSc2cccs2)c2c1=CCCC=2. The van der Waals surface area contributed by atoms with Gasteiger partial charge in [-0.3, -0.25) is 5.10 Å². The van der Waals surface area contributed by atoms with E-state index in [1.165, 1.54) is 22.3 Å². The van der Waals surface area contributed by atoms with Gasteiger partial charge in [0.2, 0.25) is 0 Å².